The molecule has 0 radical (unpaired) electrons. The Kier molecular flexibility index (Phi) is 5.03. The Bertz CT molecular complexity index is 177. The fraction of sp³-hybridized carbons (Fsp3) is 1.00. The average molecular weight is 214 g/mol. The van der Waals surface area contributed by atoms with Crippen molar-refractivity contribution < 1.29 is 5.11 Å². The molecular formula is C12H26N2O. The molecule has 90 valence electrons. The van der Waals surface area contributed by atoms with Crippen LogP contribution < -0.4 is 5.32 Å². The van der Waals surface area contributed by atoms with Crippen LogP contribution in [-0.4, -0.2) is 48.8 Å². The molecular weight excluding hydrogens is 188 g/mol. The van der Waals surface area contributed by atoms with Gasteiger partial charge in [0.1, 0.15) is 0 Å². The lowest BCUT2D eigenvalue weighted by Gasteiger charge is -2.30. The van der Waals surface area contributed by atoms with Crippen molar-refractivity contribution >= 4 is 0 Å². The van der Waals surface area contributed by atoms with Crippen LogP contribution in [0.15, 0.2) is 0 Å². The number of hydrogen-bond acceptors (Lipinski definition) is 3. The molecule has 1 atom stereocenters. The second-order valence-corrected chi connectivity index (χ2v) is 5.54. The second kappa shape index (κ2) is 5.83. The van der Waals surface area contributed by atoms with E-state index < -0.39 is 5.60 Å². The van der Waals surface area contributed by atoms with Gasteiger partial charge in [0.25, 0.3) is 0 Å². The molecule has 1 heterocycles. The maximum Gasteiger partial charge on any atom is 0.0603 e. The Morgan fingerprint density at radius 3 is 2.80 bits per heavy atom. The van der Waals surface area contributed by atoms with Gasteiger partial charge >= 0.3 is 0 Å². The predicted octanol–water partition coefficient (Wildman–Crippen LogP) is 1.08. The van der Waals surface area contributed by atoms with E-state index in [9.17, 15) is 5.11 Å². The molecule has 2 N–H and O–H groups in total. The van der Waals surface area contributed by atoms with Crippen LogP contribution in [0.5, 0.6) is 0 Å². The van der Waals surface area contributed by atoms with Gasteiger partial charge in [-0.3, -0.25) is 0 Å². The molecule has 1 saturated heterocycles. The van der Waals surface area contributed by atoms with Gasteiger partial charge in [-0.25, -0.2) is 0 Å². The van der Waals surface area contributed by atoms with Gasteiger partial charge in [-0.2, -0.15) is 0 Å². The summed E-state index contributed by atoms with van der Waals surface area (Å²) in [4.78, 5) is 2.41. The van der Waals surface area contributed by atoms with E-state index in [4.69, 9.17) is 0 Å². The highest BCUT2D eigenvalue weighted by atomic mass is 16.3. The van der Waals surface area contributed by atoms with Crippen LogP contribution >= 0.6 is 0 Å². The van der Waals surface area contributed by atoms with E-state index in [-0.39, 0.29) is 0 Å². The molecule has 1 unspecified atom stereocenters. The van der Waals surface area contributed by atoms with E-state index in [0.29, 0.717) is 0 Å². The zero-order valence-electron chi connectivity index (χ0n) is 10.4. The molecule has 0 bridgehead atoms. The van der Waals surface area contributed by atoms with Crippen molar-refractivity contribution in [1.82, 2.24) is 10.2 Å². The molecule has 0 aromatic carbocycles. The Balaban J connectivity index is 2.04. The molecule has 1 aliphatic rings. The smallest absolute Gasteiger partial charge is 0.0603 e. The van der Waals surface area contributed by atoms with Crippen LogP contribution in [0.3, 0.4) is 0 Å². The zero-order valence-corrected chi connectivity index (χ0v) is 10.4. The Morgan fingerprint density at radius 2 is 2.20 bits per heavy atom. The van der Waals surface area contributed by atoms with E-state index in [0.717, 1.165) is 25.4 Å². The summed E-state index contributed by atoms with van der Waals surface area (Å²) in [5.74, 6) is 0.797. The van der Waals surface area contributed by atoms with E-state index in [1.807, 2.05) is 13.8 Å². The van der Waals surface area contributed by atoms with Gasteiger partial charge in [-0.05, 0) is 65.7 Å². The third-order valence-electron chi connectivity index (χ3n) is 3.07. The number of piperidine rings is 1. The van der Waals surface area contributed by atoms with Gasteiger partial charge in [0.15, 0.2) is 0 Å². The summed E-state index contributed by atoms with van der Waals surface area (Å²) in [5, 5.41) is 13.0. The number of aliphatic hydroxyl groups is 1. The molecule has 0 saturated carbocycles. The first-order valence-corrected chi connectivity index (χ1v) is 6.09. The van der Waals surface area contributed by atoms with Gasteiger partial charge < -0.3 is 15.3 Å². The second-order valence-electron chi connectivity index (χ2n) is 5.54. The van der Waals surface area contributed by atoms with Crippen molar-refractivity contribution in [3.63, 3.8) is 0 Å². The molecule has 0 spiro atoms. The summed E-state index contributed by atoms with van der Waals surface area (Å²) in [6.45, 7) is 8.21. The maximum absolute atomic E-state index is 9.55. The minimum absolute atomic E-state index is 0.531. The number of likely N-dealkylation sites (tertiary alicyclic amines) is 1. The first-order chi connectivity index (χ1) is 6.97. The zero-order chi connectivity index (χ0) is 11.3. The molecule has 1 aliphatic heterocycles. The maximum atomic E-state index is 9.55. The lowest BCUT2D eigenvalue weighted by Crippen LogP contribution is -2.38. The van der Waals surface area contributed by atoms with Crippen LogP contribution in [-0.2, 0) is 0 Å². The van der Waals surface area contributed by atoms with Crippen molar-refractivity contribution in [3.8, 4) is 0 Å². The van der Waals surface area contributed by atoms with Crippen LogP contribution in [0.4, 0.5) is 0 Å². The lowest BCUT2D eigenvalue weighted by molar-refractivity contribution is 0.0705. The fourth-order valence-corrected chi connectivity index (χ4v) is 2.14. The lowest BCUT2D eigenvalue weighted by atomic mass is 9.98. The Labute approximate surface area is 93.9 Å². The molecule has 1 rings (SSSR count). The van der Waals surface area contributed by atoms with Crippen molar-refractivity contribution in [2.75, 3.05) is 33.2 Å². The summed E-state index contributed by atoms with van der Waals surface area (Å²) in [7, 11) is 2.20. The standard InChI is InChI=1S/C12H26N2O/c1-12(2,15)6-7-13-9-11-5-4-8-14(3)10-11/h11,13,15H,4-10H2,1-3H3. The SMILES string of the molecule is CN1CCCC(CNCCC(C)(C)O)C1. The first-order valence-electron chi connectivity index (χ1n) is 6.09. The van der Waals surface area contributed by atoms with Crippen molar-refractivity contribution in [3.05, 3.63) is 0 Å². The number of nitrogens with one attached hydrogen (secondary N) is 1. The van der Waals surface area contributed by atoms with Crippen LogP contribution in [0, 0.1) is 5.92 Å². The monoisotopic (exact) mass is 214 g/mol. The Morgan fingerprint density at radius 1 is 1.47 bits per heavy atom. The molecule has 1 fully saturated rings. The summed E-state index contributed by atoms with van der Waals surface area (Å²) in [6, 6.07) is 0. The van der Waals surface area contributed by atoms with Crippen LogP contribution in [0.2, 0.25) is 0 Å². The largest absolute Gasteiger partial charge is 0.390 e. The summed E-state index contributed by atoms with van der Waals surface area (Å²) >= 11 is 0. The van der Waals surface area contributed by atoms with E-state index in [1.54, 1.807) is 0 Å². The minimum atomic E-state index is -0.531. The normalized spacial score (nSPS) is 24.4. The molecule has 15 heavy (non-hydrogen) atoms. The highest BCUT2D eigenvalue weighted by molar-refractivity contribution is 4.73. The minimum Gasteiger partial charge on any atom is -0.390 e. The third kappa shape index (κ3) is 6.13. The van der Waals surface area contributed by atoms with Gasteiger partial charge in [0.05, 0.1) is 5.60 Å². The Hall–Kier alpha value is -0.120. The summed E-state index contributed by atoms with van der Waals surface area (Å²) < 4.78 is 0. The van der Waals surface area contributed by atoms with Gasteiger partial charge in [0.2, 0.25) is 0 Å². The molecule has 3 nitrogen and oxygen atoms in total. The van der Waals surface area contributed by atoms with Crippen LogP contribution in [0.25, 0.3) is 0 Å². The predicted molar refractivity (Wildman–Crippen MR) is 64.0 cm³/mol. The molecule has 0 amide bonds. The molecule has 0 aromatic heterocycles. The highest BCUT2D eigenvalue weighted by Crippen LogP contribution is 2.14. The molecule has 0 aliphatic carbocycles. The van der Waals surface area contributed by atoms with Crippen LogP contribution in [0.1, 0.15) is 33.1 Å². The van der Waals surface area contributed by atoms with E-state index in [2.05, 4.69) is 17.3 Å². The number of nitrogens with zero attached hydrogens (tertiary/aromatic N) is 1. The van der Waals surface area contributed by atoms with E-state index >= 15 is 0 Å². The molecule has 3 heteroatoms. The summed E-state index contributed by atoms with van der Waals surface area (Å²) in [6.07, 6.45) is 3.50. The summed E-state index contributed by atoms with van der Waals surface area (Å²) in [5.41, 5.74) is -0.531. The van der Waals surface area contributed by atoms with Gasteiger partial charge in [-0.1, -0.05) is 0 Å². The van der Waals surface area contributed by atoms with E-state index in [1.165, 1.54) is 25.9 Å². The van der Waals surface area contributed by atoms with Crippen molar-refractivity contribution in [2.45, 2.75) is 38.7 Å². The number of hydrogen-bond donors (Lipinski definition) is 2. The molecule has 0 aromatic rings. The van der Waals surface area contributed by atoms with Gasteiger partial charge in [0, 0.05) is 6.54 Å². The average Bonchev–Trinajstić information content (AvgIpc) is 2.11. The topological polar surface area (TPSA) is 35.5 Å². The quantitative estimate of drug-likeness (QED) is 0.672. The third-order valence-corrected chi connectivity index (χ3v) is 3.07. The highest BCUT2D eigenvalue weighted by Gasteiger charge is 2.17. The number of rotatable bonds is 5. The van der Waals surface area contributed by atoms with Crippen molar-refractivity contribution in [2.24, 2.45) is 5.92 Å². The fourth-order valence-electron chi connectivity index (χ4n) is 2.14. The first kappa shape index (κ1) is 12.9. The van der Waals surface area contributed by atoms with Crippen molar-refractivity contribution in [1.29, 1.82) is 0 Å². The van der Waals surface area contributed by atoms with Gasteiger partial charge in [-0.15, -0.1) is 0 Å².